The van der Waals surface area contributed by atoms with Gasteiger partial charge in [0.05, 0.1) is 22.2 Å². The fourth-order valence-corrected chi connectivity index (χ4v) is 5.21. The van der Waals surface area contributed by atoms with Gasteiger partial charge in [0.1, 0.15) is 10.1 Å². The van der Waals surface area contributed by atoms with Gasteiger partial charge in [0.15, 0.2) is 11.2 Å². The van der Waals surface area contributed by atoms with Gasteiger partial charge < -0.3 is 15.4 Å². The average Bonchev–Trinajstić information content (AvgIpc) is 3.50. The number of methoxy groups -OCH3 is 1. The van der Waals surface area contributed by atoms with Gasteiger partial charge in [-0.05, 0) is 42.5 Å². The predicted molar refractivity (Wildman–Crippen MR) is 139 cm³/mol. The minimum Gasteiger partial charge on any atom is -0.467 e. The Hall–Kier alpha value is -3.82. The lowest BCUT2D eigenvalue weighted by atomic mass is 10.3. The smallest absolute Gasteiger partial charge is 0.337 e. The van der Waals surface area contributed by atoms with E-state index in [1.165, 1.54) is 54.5 Å². The molecule has 1 aliphatic rings. The molecule has 0 aliphatic carbocycles. The Kier molecular flexibility index (Phi) is 7.38. The van der Waals surface area contributed by atoms with Crippen molar-refractivity contribution < 1.29 is 19.2 Å². The number of aromatic nitrogens is 1. The molecule has 1 aliphatic heterocycles. The molecule has 15 heteroatoms. The van der Waals surface area contributed by atoms with Crippen LogP contribution in [0.3, 0.4) is 0 Å². The Labute approximate surface area is 211 Å². The van der Waals surface area contributed by atoms with Crippen molar-refractivity contribution >= 4 is 84.8 Å². The molecule has 0 unspecified atom stereocenters. The number of aliphatic imine (C=N–C) groups is 1. The number of ether oxygens (including phenoxy) is 1. The third kappa shape index (κ3) is 6.00. The zero-order chi connectivity index (χ0) is 24.9. The molecular formula is C20H17N7O5S3. The van der Waals surface area contributed by atoms with Crippen LogP contribution in [0.25, 0.3) is 10.2 Å². The molecule has 35 heavy (non-hydrogen) atoms. The van der Waals surface area contributed by atoms with Crippen LogP contribution in [0.4, 0.5) is 21.9 Å². The molecule has 0 saturated heterocycles. The Balaban J connectivity index is 1.32. The average molecular weight is 532 g/mol. The largest absolute Gasteiger partial charge is 0.467 e. The monoisotopic (exact) mass is 531 g/mol. The predicted octanol–water partition coefficient (Wildman–Crippen LogP) is 3.26. The second-order valence-corrected chi connectivity index (χ2v) is 9.40. The summed E-state index contributed by atoms with van der Waals surface area (Å²) < 4.78 is 5.58. The summed E-state index contributed by atoms with van der Waals surface area (Å²) in [5.41, 5.74) is 6.71. The first-order chi connectivity index (χ1) is 16.8. The molecule has 1 aromatic heterocycles. The van der Waals surface area contributed by atoms with Crippen LogP contribution < -0.4 is 21.5 Å². The van der Waals surface area contributed by atoms with Crippen molar-refractivity contribution in [2.75, 3.05) is 23.5 Å². The third-order valence-corrected chi connectivity index (χ3v) is 6.99. The highest BCUT2D eigenvalue weighted by atomic mass is 32.2. The number of amides is 2. The van der Waals surface area contributed by atoms with E-state index in [1.54, 1.807) is 18.2 Å². The zero-order valence-corrected chi connectivity index (χ0v) is 20.4. The first kappa shape index (κ1) is 24.3. The van der Waals surface area contributed by atoms with Crippen molar-refractivity contribution in [3.63, 3.8) is 0 Å². The quantitative estimate of drug-likeness (QED) is 0.166. The molecule has 2 aromatic carbocycles. The number of benzene rings is 2. The van der Waals surface area contributed by atoms with Crippen LogP contribution in [0, 0.1) is 10.1 Å². The Bertz CT molecular complexity index is 1340. The van der Waals surface area contributed by atoms with Crippen LogP contribution in [-0.2, 0) is 9.53 Å². The maximum atomic E-state index is 12.2. The Morgan fingerprint density at radius 1 is 1.14 bits per heavy atom. The maximum absolute atomic E-state index is 12.2. The van der Waals surface area contributed by atoms with Crippen molar-refractivity contribution in [2.24, 2.45) is 4.99 Å². The molecule has 180 valence electrons. The van der Waals surface area contributed by atoms with Crippen molar-refractivity contribution in [1.29, 1.82) is 0 Å². The molecule has 0 fully saturated rings. The van der Waals surface area contributed by atoms with E-state index in [0.717, 1.165) is 10.2 Å². The van der Waals surface area contributed by atoms with E-state index in [-0.39, 0.29) is 16.8 Å². The number of thiocarbonyl (C=S) groups is 1. The van der Waals surface area contributed by atoms with Gasteiger partial charge >= 0.3 is 12.0 Å². The van der Waals surface area contributed by atoms with E-state index in [9.17, 15) is 19.7 Å². The first-order valence-electron chi connectivity index (χ1n) is 9.90. The van der Waals surface area contributed by atoms with Gasteiger partial charge in [-0.25, -0.2) is 20.0 Å². The fourth-order valence-electron chi connectivity index (χ4n) is 2.95. The van der Waals surface area contributed by atoms with E-state index < -0.39 is 17.0 Å². The highest BCUT2D eigenvalue weighted by Crippen LogP contribution is 2.31. The van der Waals surface area contributed by atoms with Gasteiger partial charge in [-0.2, -0.15) is 0 Å². The zero-order valence-electron chi connectivity index (χ0n) is 17.9. The van der Waals surface area contributed by atoms with E-state index in [4.69, 9.17) is 17.0 Å². The lowest BCUT2D eigenvalue weighted by molar-refractivity contribution is -0.384. The maximum Gasteiger partial charge on any atom is 0.337 e. The van der Waals surface area contributed by atoms with Gasteiger partial charge in [-0.15, -0.1) is 23.1 Å². The van der Waals surface area contributed by atoms with E-state index in [1.807, 2.05) is 0 Å². The molecule has 4 rings (SSSR count). The fraction of sp³-hybridized carbons (Fsp3) is 0.150. The molecule has 2 amide bonds. The number of anilines is 2. The van der Waals surface area contributed by atoms with Crippen molar-refractivity contribution in [2.45, 2.75) is 6.04 Å². The van der Waals surface area contributed by atoms with Crippen molar-refractivity contribution in [3.8, 4) is 0 Å². The topological polar surface area (TPSA) is 160 Å². The molecule has 0 radical (unpaired) electrons. The van der Waals surface area contributed by atoms with Crippen LogP contribution in [0.2, 0.25) is 0 Å². The number of rotatable bonds is 5. The van der Waals surface area contributed by atoms with Crippen molar-refractivity contribution in [1.82, 2.24) is 15.8 Å². The lowest BCUT2D eigenvalue weighted by Gasteiger charge is -2.12. The number of nitro benzene ring substituents is 1. The lowest BCUT2D eigenvalue weighted by Crippen LogP contribution is -2.45. The van der Waals surface area contributed by atoms with Gasteiger partial charge in [-0.3, -0.25) is 20.5 Å². The Morgan fingerprint density at radius 3 is 2.60 bits per heavy atom. The number of nitrogens with zero attached hydrogens (tertiary/aromatic N) is 3. The van der Waals surface area contributed by atoms with Crippen LogP contribution >= 0.6 is 35.3 Å². The molecule has 1 atom stereocenters. The minimum atomic E-state index is -0.557. The second kappa shape index (κ2) is 10.6. The summed E-state index contributed by atoms with van der Waals surface area (Å²) >= 11 is 7.96. The van der Waals surface area contributed by atoms with Gasteiger partial charge in [-0.1, -0.05) is 0 Å². The number of thioether (sulfide) groups is 1. The molecule has 3 aromatic rings. The summed E-state index contributed by atoms with van der Waals surface area (Å²) in [6, 6.07) is 9.84. The normalized spacial score (nSPS) is 14.7. The molecule has 4 N–H and O–H groups in total. The summed E-state index contributed by atoms with van der Waals surface area (Å²) in [7, 11) is 1.33. The highest BCUT2D eigenvalue weighted by molar-refractivity contribution is 8.15. The molecular weight excluding hydrogens is 514 g/mol. The van der Waals surface area contributed by atoms with Crippen LogP contribution in [-0.4, -0.2) is 51.0 Å². The number of carbonyl (C=O) groups is 2. The number of fused-ring (bicyclic) bond motifs is 1. The number of hydrogen-bond acceptors (Lipinski definition) is 10. The number of non-ortho nitro benzene ring substituents is 1. The van der Waals surface area contributed by atoms with Gasteiger partial charge in [0, 0.05) is 29.3 Å². The highest BCUT2D eigenvalue weighted by Gasteiger charge is 2.28. The molecule has 2 heterocycles. The van der Waals surface area contributed by atoms with Crippen molar-refractivity contribution in [3.05, 3.63) is 57.6 Å². The van der Waals surface area contributed by atoms with Crippen LogP contribution in [0.1, 0.15) is 5.01 Å². The number of thiazole rings is 1. The number of esters is 1. The SMILES string of the molecule is COC(=O)[C@H]1CSC(c2nc3ccc(NC(=O)NNC(=S)Nc4ccc([N+](=O)[O-])cc4)cc3s2)=N1. The van der Waals surface area contributed by atoms with Gasteiger partial charge in [0.2, 0.25) is 0 Å². The van der Waals surface area contributed by atoms with Gasteiger partial charge in [0.25, 0.3) is 5.69 Å². The summed E-state index contributed by atoms with van der Waals surface area (Å²) in [4.78, 5) is 43.1. The molecule has 0 saturated carbocycles. The summed E-state index contributed by atoms with van der Waals surface area (Å²) in [6.07, 6.45) is 0. The second-order valence-electron chi connectivity index (χ2n) is 6.95. The third-order valence-electron chi connectivity index (χ3n) is 4.58. The summed E-state index contributed by atoms with van der Waals surface area (Å²) in [5, 5.41) is 17.7. The first-order valence-corrected chi connectivity index (χ1v) is 12.1. The number of nitrogens with one attached hydrogen (secondary N) is 4. The number of hydrogen-bond donors (Lipinski definition) is 4. The standard InChI is InChI=1S/C20H17N7O5S3/c1-32-18(28)14-9-34-16(24-14)17-23-13-7-4-11(8-15(13)35-17)21-19(29)25-26-20(33)22-10-2-5-12(6-3-10)27(30)31/h2-8,14H,9H2,1H3,(H2,21,25,29)(H2,22,26,33)/t14-/m1/s1. The number of nitro groups is 1. The van der Waals surface area contributed by atoms with E-state index >= 15 is 0 Å². The summed E-state index contributed by atoms with van der Waals surface area (Å²) in [6.45, 7) is 0. The summed E-state index contributed by atoms with van der Waals surface area (Å²) in [5.74, 6) is 0.140. The van der Waals surface area contributed by atoms with E-state index in [2.05, 4.69) is 31.5 Å². The number of urea groups is 1. The number of hydrazine groups is 1. The molecule has 0 bridgehead atoms. The molecule has 12 nitrogen and oxygen atoms in total. The molecule has 0 spiro atoms. The minimum absolute atomic E-state index is 0.0441. The Morgan fingerprint density at radius 2 is 1.89 bits per heavy atom. The van der Waals surface area contributed by atoms with Crippen LogP contribution in [0.15, 0.2) is 47.5 Å². The van der Waals surface area contributed by atoms with E-state index in [0.29, 0.717) is 27.2 Å². The van der Waals surface area contributed by atoms with Crippen LogP contribution in [0.5, 0.6) is 0 Å². The number of carbonyl (C=O) groups excluding carboxylic acids is 2.